The zero-order valence-corrected chi connectivity index (χ0v) is 16.4. The molecule has 4 heteroatoms. The van der Waals surface area contributed by atoms with E-state index in [0.717, 1.165) is 28.2 Å². The second-order valence-electron chi connectivity index (χ2n) is 6.68. The molecule has 3 aromatic carbocycles. The van der Waals surface area contributed by atoms with Gasteiger partial charge >= 0.3 is 0 Å². The van der Waals surface area contributed by atoms with Crippen molar-refractivity contribution in [3.05, 3.63) is 94.8 Å². The topological polar surface area (TPSA) is 30.5 Å². The van der Waals surface area contributed by atoms with Crippen molar-refractivity contribution in [2.24, 2.45) is 0 Å². The van der Waals surface area contributed by atoms with Crippen LogP contribution in [-0.4, -0.2) is 6.61 Å². The third-order valence-electron chi connectivity index (χ3n) is 4.42. The van der Waals surface area contributed by atoms with Crippen molar-refractivity contribution in [1.82, 2.24) is 5.32 Å². The fourth-order valence-electron chi connectivity index (χ4n) is 2.92. The first-order valence-corrected chi connectivity index (χ1v) is 9.54. The first-order valence-electron chi connectivity index (χ1n) is 9.54. The van der Waals surface area contributed by atoms with Crippen molar-refractivity contribution in [3.8, 4) is 11.5 Å². The third kappa shape index (κ3) is 5.57. The largest absolute Gasteiger partial charge is 0.490 e. The van der Waals surface area contributed by atoms with Crippen LogP contribution in [0.2, 0.25) is 0 Å². The molecule has 0 bridgehead atoms. The van der Waals surface area contributed by atoms with Crippen LogP contribution in [0.5, 0.6) is 11.5 Å². The molecule has 28 heavy (non-hydrogen) atoms. The lowest BCUT2D eigenvalue weighted by Crippen LogP contribution is -2.14. The second kappa shape index (κ2) is 9.90. The van der Waals surface area contributed by atoms with Crippen molar-refractivity contribution in [1.29, 1.82) is 0 Å². The number of rotatable bonds is 9. The lowest BCUT2D eigenvalue weighted by molar-refractivity contribution is 0.266. The summed E-state index contributed by atoms with van der Waals surface area (Å²) >= 11 is 0. The number of nitrogens with one attached hydrogen (secondary N) is 1. The molecule has 3 aromatic rings. The van der Waals surface area contributed by atoms with Crippen LogP contribution in [0.15, 0.2) is 66.7 Å². The zero-order valence-electron chi connectivity index (χ0n) is 16.4. The smallest absolute Gasteiger partial charge is 0.166 e. The summed E-state index contributed by atoms with van der Waals surface area (Å²) in [4.78, 5) is 0. The molecule has 0 fully saturated rings. The summed E-state index contributed by atoms with van der Waals surface area (Å²) in [6.45, 7) is 6.36. The van der Waals surface area contributed by atoms with Crippen LogP contribution < -0.4 is 14.8 Å². The van der Waals surface area contributed by atoms with Crippen LogP contribution in [0.25, 0.3) is 0 Å². The molecule has 0 radical (unpaired) electrons. The average molecular weight is 379 g/mol. The maximum Gasteiger partial charge on any atom is 0.166 e. The molecule has 3 rings (SSSR count). The monoisotopic (exact) mass is 379 g/mol. The quantitative estimate of drug-likeness (QED) is 0.540. The van der Waals surface area contributed by atoms with Crippen LogP contribution in [0.1, 0.15) is 29.2 Å². The minimum Gasteiger partial charge on any atom is -0.490 e. The van der Waals surface area contributed by atoms with Gasteiger partial charge in [0.25, 0.3) is 0 Å². The van der Waals surface area contributed by atoms with Crippen molar-refractivity contribution in [2.75, 3.05) is 6.61 Å². The first-order chi connectivity index (χ1) is 13.7. The van der Waals surface area contributed by atoms with Gasteiger partial charge < -0.3 is 14.8 Å². The molecule has 0 amide bonds. The van der Waals surface area contributed by atoms with E-state index in [9.17, 15) is 4.39 Å². The molecule has 0 heterocycles. The van der Waals surface area contributed by atoms with E-state index >= 15 is 0 Å². The van der Waals surface area contributed by atoms with Crippen LogP contribution in [0.3, 0.4) is 0 Å². The second-order valence-corrected chi connectivity index (χ2v) is 6.68. The first kappa shape index (κ1) is 19.9. The fourth-order valence-corrected chi connectivity index (χ4v) is 2.92. The van der Waals surface area contributed by atoms with E-state index in [4.69, 9.17) is 9.47 Å². The summed E-state index contributed by atoms with van der Waals surface area (Å²) in [6.07, 6.45) is 0. The lowest BCUT2D eigenvalue weighted by atomic mass is 10.1. The molecular weight excluding hydrogens is 353 g/mol. The van der Waals surface area contributed by atoms with Gasteiger partial charge in [0, 0.05) is 18.7 Å². The number of benzene rings is 3. The van der Waals surface area contributed by atoms with Crippen molar-refractivity contribution in [3.63, 3.8) is 0 Å². The number of aryl methyl sites for hydroxylation is 1. The molecule has 0 spiro atoms. The van der Waals surface area contributed by atoms with Gasteiger partial charge in [-0.05, 0) is 43.2 Å². The maximum atomic E-state index is 13.0. The summed E-state index contributed by atoms with van der Waals surface area (Å²) in [5, 5.41) is 3.39. The number of para-hydroxylation sites is 1. The van der Waals surface area contributed by atoms with E-state index in [1.165, 1.54) is 17.7 Å². The molecular formula is C24H26FNO2. The Morgan fingerprint density at radius 3 is 2.25 bits per heavy atom. The SMILES string of the molecule is CCOc1cccc(CNCc2ccc(F)cc2)c1OCc1ccc(C)cc1. The Hall–Kier alpha value is -2.85. The Labute approximate surface area is 166 Å². The average Bonchev–Trinajstić information content (AvgIpc) is 2.70. The van der Waals surface area contributed by atoms with Crippen molar-refractivity contribution >= 4 is 0 Å². The van der Waals surface area contributed by atoms with Crippen molar-refractivity contribution in [2.45, 2.75) is 33.5 Å². The highest BCUT2D eigenvalue weighted by Crippen LogP contribution is 2.32. The number of halogens is 1. The fraction of sp³-hybridized carbons (Fsp3) is 0.250. The minimum absolute atomic E-state index is 0.222. The molecule has 0 saturated carbocycles. The molecule has 0 atom stereocenters. The highest BCUT2D eigenvalue weighted by molar-refractivity contribution is 5.47. The molecule has 0 saturated heterocycles. The van der Waals surface area contributed by atoms with Gasteiger partial charge in [0.2, 0.25) is 0 Å². The summed E-state index contributed by atoms with van der Waals surface area (Å²) < 4.78 is 25.0. The van der Waals surface area contributed by atoms with Crippen LogP contribution >= 0.6 is 0 Å². The molecule has 0 aliphatic carbocycles. The Kier molecular flexibility index (Phi) is 7.04. The van der Waals surface area contributed by atoms with Gasteiger partial charge in [0.1, 0.15) is 12.4 Å². The lowest BCUT2D eigenvalue weighted by Gasteiger charge is -2.17. The molecule has 1 N–H and O–H groups in total. The Balaban J connectivity index is 1.69. The van der Waals surface area contributed by atoms with Gasteiger partial charge in [0.15, 0.2) is 11.5 Å². The van der Waals surface area contributed by atoms with Gasteiger partial charge in [-0.25, -0.2) is 4.39 Å². The number of ether oxygens (including phenoxy) is 2. The minimum atomic E-state index is -0.222. The van der Waals surface area contributed by atoms with Gasteiger partial charge in [-0.1, -0.05) is 54.1 Å². The Bertz CT molecular complexity index is 876. The van der Waals surface area contributed by atoms with Crippen molar-refractivity contribution < 1.29 is 13.9 Å². The Morgan fingerprint density at radius 1 is 0.821 bits per heavy atom. The third-order valence-corrected chi connectivity index (χ3v) is 4.42. The van der Waals surface area contributed by atoms with E-state index in [0.29, 0.717) is 26.3 Å². The molecule has 0 aliphatic rings. The van der Waals surface area contributed by atoms with E-state index in [1.807, 2.05) is 25.1 Å². The maximum absolute atomic E-state index is 13.0. The zero-order chi connectivity index (χ0) is 19.8. The summed E-state index contributed by atoms with van der Waals surface area (Å²) in [5.74, 6) is 1.28. The van der Waals surface area contributed by atoms with Crippen LogP contribution in [0.4, 0.5) is 4.39 Å². The standard InChI is InChI=1S/C24H26FNO2/c1-3-27-23-6-4-5-21(16-26-15-19-11-13-22(25)14-12-19)24(23)28-17-20-9-7-18(2)8-10-20/h4-14,26H,3,15-17H2,1-2H3. The van der Waals surface area contributed by atoms with Gasteiger partial charge in [0.05, 0.1) is 6.61 Å². The van der Waals surface area contributed by atoms with Gasteiger partial charge in [-0.2, -0.15) is 0 Å². The predicted molar refractivity (Wildman–Crippen MR) is 110 cm³/mol. The number of hydrogen-bond acceptors (Lipinski definition) is 3. The van der Waals surface area contributed by atoms with Crippen LogP contribution in [-0.2, 0) is 19.7 Å². The van der Waals surface area contributed by atoms with Crippen LogP contribution in [0, 0.1) is 12.7 Å². The normalized spacial score (nSPS) is 10.7. The van der Waals surface area contributed by atoms with E-state index < -0.39 is 0 Å². The van der Waals surface area contributed by atoms with E-state index in [-0.39, 0.29) is 5.82 Å². The van der Waals surface area contributed by atoms with E-state index in [1.54, 1.807) is 12.1 Å². The molecule has 0 unspecified atom stereocenters. The molecule has 0 aromatic heterocycles. The predicted octanol–water partition coefficient (Wildman–Crippen LogP) is 5.40. The highest BCUT2D eigenvalue weighted by atomic mass is 19.1. The molecule has 0 aliphatic heterocycles. The summed E-state index contributed by atoms with van der Waals surface area (Å²) in [7, 11) is 0. The molecule has 3 nitrogen and oxygen atoms in total. The number of hydrogen-bond donors (Lipinski definition) is 1. The van der Waals surface area contributed by atoms with Gasteiger partial charge in [-0.3, -0.25) is 0 Å². The highest BCUT2D eigenvalue weighted by Gasteiger charge is 2.11. The molecule has 146 valence electrons. The Morgan fingerprint density at radius 2 is 1.54 bits per heavy atom. The summed E-state index contributed by atoms with van der Waals surface area (Å²) in [6, 6.07) is 20.8. The van der Waals surface area contributed by atoms with Gasteiger partial charge in [-0.15, -0.1) is 0 Å². The van der Waals surface area contributed by atoms with E-state index in [2.05, 4.69) is 36.5 Å². The summed E-state index contributed by atoms with van der Waals surface area (Å²) in [5.41, 5.74) is 4.40.